The van der Waals surface area contributed by atoms with Gasteiger partial charge in [-0.15, -0.1) is 11.8 Å². The molecule has 0 bridgehead atoms. The van der Waals surface area contributed by atoms with E-state index in [1.54, 1.807) is 48.0 Å². The van der Waals surface area contributed by atoms with Gasteiger partial charge in [-0.2, -0.15) is 0 Å². The summed E-state index contributed by atoms with van der Waals surface area (Å²) in [4.78, 5) is 39.5. The molecule has 7 heteroatoms. The number of esters is 1. The van der Waals surface area contributed by atoms with Crippen LogP contribution in [-0.4, -0.2) is 44.2 Å². The van der Waals surface area contributed by atoms with E-state index in [2.05, 4.69) is 0 Å². The fourth-order valence-corrected chi connectivity index (χ4v) is 3.46. The number of amides is 1. The van der Waals surface area contributed by atoms with E-state index < -0.39 is 11.9 Å². The Balaban J connectivity index is 1.57. The molecule has 1 saturated heterocycles. The molecule has 146 valence electrons. The van der Waals surface area contributed by atoms with Crippen molar-refractivity contribution in [3.63, 3.8) is 0 Å². The molecular weight excluding hydrogens is 378 g/mol. The molecule has 1 heterocycles. The first kappa shape index (κ1) is 19.9. The highest BCUT2D eigenvalue weighted by Gasteiger charge is 2.36. The summed E-state index contributed by atoms with van der Waals surface area (Å²) in [7, 11) is 1.54. The van der Waals surface area contributed by atoms with Crippen molar-refractivity contribution in [1.29, 1.82) is 0 Å². The van der Waals surface area contributed by atoms with Crippen LogP contribution in [0.15, 0.2) is 53.4 Å². The Morgan fingerprint density at radius 2 is 1.93 bits per heavy atom. The summed E-state index contributed by atoms with van der Waals surface area (Å²) in [5, 5.41) is 0. The number of ether oxygens (including phenoxy) is 2. The Hall–Kier alpha value is -2.80. The maximum atomic E-state index is 12.3. The zero-order chi connectivity index (χ0) is 20.1. The fourth-order valence-electron chi connectivity index (χ4n) is 3.01. The summed E-state index contributed by atoms with van der Waals surface area (Å²) < 4.78 is 10.2. The van der Waals surface area contributed by atoms with Gasteiger partial charge in [-0.1, -0.05) is 6.07 Å². The van der Waals surface area contributed by atoms with Gasteiger partial charge < -0.3 is 14.4 Å². The van der Waals surface area contributed by atoms with Gasteiger partial charge in [0.15, 0.2) is 12.4 Å². The van der Waals surface area contributed by atoms with Crippen molar-refractivity contribution in [2.45, 2.75) is 11.3 Å². The number of hydrogen-bond donors (Lipinski definition) is 0. The first-order valence-electron chi connectivity index (χ1n) is 8.80. The summed E-state index contributed by atoms with van der Waals surface area (Å²) in [6, 6.07) is 14.2. The number of benzene rings is 2. The van der Waals surface area contributed by atoms with E-state index in [4.69, 9.17) is 9.47 Å². The fraction of sp³-hybridized carbons (Fsp3) is 0.286. The molecule has 2 aromatic rings. The topological polar surface area (TPSA) is 72.9 Å². The van der Waals surface area contributed by atoms with Gasteiger partial charge in [-0.3, -0.25) is 14.4 Å². The first-order chi connectivity index (χ1) is 13.5. The molecule has 0 unspecified atom stereocenters. The number of anilines is 1. The second-order valence-electron chi connectivity index (χ2n) is 6.37. The van der Waals surface area contributed by atoms with Crippen molar-refractivity contribution in [3.8, 4) is 5.75 Å². The lowest BCUT2D eigenvalue weighted by Gasteiger charge is -2.17. The lowest BCUT2D eigenvalue weighted by atomic mass is 10.1. The Morgan fingerprint density at radius 1 is 1.18 bits per heavy atom. The molecule has 28 heavy (non-hydrogen) atoms. The lowest BCUT2D eigenvalue weighted by molar-refractivity contribution is -0.147. The number of methoxy groups -OCH3 is 1. The molecule has 0 saturated carbocycles. The number of carbonyl (C=O) groups is 3. The smallest absolute Gasteiger partial charge is 0.311 e. The quantitative estimate of drug-likeness (QED) is 0.404. The van der Waals surface area contributed by atoms with Gasteiger partial charge in [-0.25, -0.2) is 0 Å². The minimum absolute atomic E-state index is 0.0824. The Labute approximate surface area is 167 Å². The summed E-state index contributed by atoms with van der Waals surface area (Å²) in [6.45, 7) is -0.0932. The Morgan fingerprint density at radius 3 is 2.61 bits per heavy atom. The van der Waals surface area contributed by atoms with E-state index in [1.807, 2.05) is 30.5 Å². The number of carbonyl (C=O) groups excluding carboxylic acids is 3. The van der Waals surface area contributed by atoms with Gasteiger partial charge in [0.25, 0.3) is 0 Å². The molecular formula is C21H21NO5S. The third-order valence-corrected chi connectivity index (χ3v) is 5.31. The van der Waals surface area contributed by atoms with Gasteiger partial charge in [0, 0.05) is 29.1 Å². The van der Waals surface area contributed by atoms with Gasteiger partial charge in [0.1, 0.15) is 5.75 Å². The van der Waals surface area contributed by atoms with Crippen molar-refractivity contribution in [2.24, 2.45) is 5.92 Å². The molecule has 1 fully saturated rings. The van der Waals surface area contributed by atoms with Crippen LogP contribution in [0.4, 0.5) is 5.69 Å². The predicted octanol–water partition coefficient (Wildman–Crippen LogP) is 3.20. The Kier molecular flexibility index (Phi) is 6.36. The van der Waals surface area contributed by atoms with Crippen LogP contribution < -0.4 is 9.64 Å². The van der Waals surface area contributed by atoms with E-state index in [0.29, 0.717) is 11.3 Å². The second kappa shape index (κ2) is 8.93. The molecule has 0 aromatic heterocycles. The van der Waals surface area contributed by atoms with E-state index in [1.165, 1.54) is 0 Å². The molecule has 1 aliphatic rings. The highest BCUT2D eigenvalue weighted by Crippen LogP contribution is 2.28. The van der Waals surface area contributed by atoms with E-state index in [-0.39, 0.29) is 31.3 Å². The van der Waals surface area contributed by atoms with Gasteiger partial charge in [0.2, 0.25) is 5.91 Å². The molecule has 6 nitrogen and oxygen atoms in total. The number of hydrogen-bond acceptors (Lipinski definition) is 6. The average Bonchev–Trinajstić information content (AvgIpc) is 3.13. The molecule has 0 N–H and O–H groups in total. The molecule has 0 radical (unpaired) electrons. The molecule has 0 spiro atoms. The average molecular weight is 399 g/mol. The molecule has 1 atom stereocenters. The maximum absolute atomic E-state index is 12.3. The van der Waals surface area contributed by atoms with Crippen LogP contribution in [0.5, 0.6) is 5.75 Å². The predicted molar refractivity (Wildman–Crippen MR) is 107 cm³/mol. The summed E-state index contributed by atoms with van der Waals surface area (Å²) in [5.74, 6) is -0.886. The van der Waals surface area contributed by atoms with Gasteiger partial charge >= 0.3 is 5.97 Å². The van der Waals surface area contributed by atoms with Crippen LogP contribution in [0.2, 0.25) is 0 Å². The standard InChI is InChI=1S/C21H21NO5S/c1-26-17-8-6-14(7-9-17)19(23)13-27-21(25)15-10-20(24)22(12-15)16-4-3-5-18(11-16)28-2/h3-9,11,15H,10,12-13H2,1-2H3/t15-/m0/s1. The Bertz CT molecular complexity index is 881. The van der Waals surface area contributed by atoms with Crippen molar-refractivity contribution < 1.29 is 23.9 Å². The number of nitrogens with zero attached hydrogens (tertiary/aromatic N) is 1. The number of rotatable bonds is 7. The molecule has 1 amide bonds. The van der Waals surface area contributed by atoms with E-state index in [0.717, 1.165) is 10.6 Å². The molecule has 0 aliphatic carbocycles. The minimum Gasteiger partial charge on any atom is -0.497 e. The highest BCUT2D eigenvalue weighted by atomic mass is 32.2. The van der Waals surface area contributed by atoms with Gasteiger partial charge in [-0.05, 0) is 48.7 Å². The van der Waals surface area contributed by atoms with E-state index >= 15 is 0 Å². The normalized spacial score (nSPS) is 16.1. The zero-order valence-electron chi connectivity index (χ0n) is 15.7. The van der Waals surface area contributed by atoms with Crippen LogP contribution in [-0.2, 0) is 14.3 Å². The number of thioether (sulfide) groups is 1. The highest BCUT2D eigenvalue weighted by molar-refractivity contribution is 7.98. The van der Waals surface area contributed by atoms with Crippen molar-refractivity contribution in [3.05, 3.63) is 54.1 Å². The van der Waals surface area contributed by atoms with Crippen molar-refractivity contribution in [1.82, 2.24) is 0 Å². The molecule has 3 rings (SSSR count). The summed E-state index contributed by atoms with van der Waals surface area (Å²) in [5.41, 5.74) is 1.20. The third kappa shape index (κ3) is 4.54. The van der Waals surface area contributed by atoms with E-state index in [9.17, 15) is 14.4 Å². The third-order valence-electron chi connectivity index (χ3n) is 4.58. The largest absolute Gasteiger partial charge is 0.497 e. The van der Waals surface area contributed by atoms with Crippen molar-refractivity contribution >= 4 is 35.1 Å². The van der Waals surface area contributed by atoms with Crippen LogP contribution in [0.25, 0.3) is 0 Å². The maximum Gasteiger partial charge on any atom is 0.311 e. The summed E-state index contributed by atoms with van der Waals surface area (Å²) >= 11 is 1.59. The number of Topliss-reactive ketones (excluding diaryl/α,β-unsaturated/α-hetero) is 1. The minimum atomic E-state index is -0.575. The first-order valence-corrected chi connectivity index (χ1v) is 10.0. The SMILES string of the molecule is COc1ccc(C(=O)COC(=O)[C@H]2CC(=O)N(c3cccc(SC)c3)C2)cc1. The van der Waals surface area contributed by atoms with Crippen LogP contribution in [0, 0.1) is 5.92 Å². The monoisotopic (exact) mass is 399 g/mol. The molecule has 2 aromatic carbocycles. The summed E-state index contributed by atoms with van der Waals surface area (Å²) in [6.07, 6.45) is 2.05. The number of ketones is 1. The van der Waals surface area contributed by atoms with Crippen LogP contribution in [0.1, 0.15) is 16.8 Å². The lowest BCUT2D eigenvalue weighted by Crippen LogP contribution is -2.27. The van der Waals surface area contributed by atoms with Crippen molar-refractivity contribution in [2.75, 3.05) is 31.4 Å². The van der Waals surface area contributed by atoms with Gasteiger partial charge in [0.05, 0.1) is 13.0 Å². The second-order valence-corrected chi connectivity index (χ2v) is 7.25. The van der Waals surface area contributed by atoms with Crippen LogP contribution in [0.3, 0.4) is 0 Å². The molecule has 1 aliphatic heterocycles. The van der Waals surface area contributed by atoms with Crippen LogP contribution >= 0.6 is 11.8 Å². The zero-order valence-corrected chi connectivity index (χ0v) is 16.5.